The standard InChI is InChI=1S/C13H14Cl2N4/c14-11-3-1-2-9(13(11)15)7-19-8-17-12(18-19)6-16-10-4-5-10/h1-3,8,10,16H,4-7H2. The molecule has 0 saturated heterocycles. The molecule has 3 rings (SSSR count). The van der Waals surface area contributed by atoms with Crippen molar-refractivity contribution in [3.05, 3.63) is 46.0 Å². The van der Waals surface area contributed by atoms with Gasteiger partial charge in [-0.05, 0) is 24.5 Å². The third kappa shape index (κ3) is 3.26. The Labute approximate surface area is 121 Å². The monoisotopic (exact) mass is 296 g/mol. The first kappa shape index (κ1) is 12.9. The molecule has 0 spiro atoms. The predicted octanol–water partition coefficient (Wildman–Crippen LogP) is 2.89. The van der Waals surface area contributed by atoms with E-state index in [2.05, 4.69) is 15.4 Å². The van der Waals surface area contributed by atoms with E-state index in [1.165, 1.54) is 12.8 Å². The topological polar surface area (TPSA) is 42.7 Å². The third-order valence-electron chi connectivity index (χ3n) is 3.07. The summed E-state index contributed by atoms with van der Waals surface area (Å²) in [7, 11) is 0. The summed E-state index contributed by atoms with van der Waals surface area (Å²) in [6.07, 6.45) is 4.25. The molecule has 0 amide bonds. The fraction of sp³-hybridized carbons (Fsp3) is 0.385. The van der Waals surface area contributed by atoms with Gasteiger partial charge in [-0.1, -0.05) is 35.3 Å². The van der Waals surface area contributed by atoms with Gasteiger partial charge in [0.1, 0.15) is 6.33 Å². The molecule has 1 aromatic heterocycles. The maximum absolute atomic E-state index is 6.16. The van der Waals surface area contributed by atoms with Crippen LogP contribution in [0, 0.1) is 0 Å². The zero-order chi connectivity index (χ0) is 13.2. The Kier molecular flexibility index (Phi) is 3.73. The van der Waals surface area contributed by atoms with Gasteiger partial charge in [0, 0.05) is 6.04 Å². The summed E-state index contributed by atoms with van der Waals surface area (Å²) in [6.45, 7) is 1.30. The van der Waals surface area contributed by atoms with Gasteiger partial charge in [0.25, 0.3) is 0 Å². The summed E-state index contributed by atoms with van der Waals surface area (Å²) in [5.74, 6) is 0.810. The van der Waals surface area contributed by atoms with E-state index in [9.17, 15) is 0 Å². The highest BCUT2D eigenvalue weighted by Gasteiger charge is 2.20. The lowest BCUT2D eigenvalue weighted by atomic mass is 10.2. The Morgan fingerprint density at radius 2 is 2.16 bits per heavy atom. The Morgan fingerprint density at radius 1 is 1.32 bits per heavy atom. The number of halogens is 2. The number of rotatable bonds is 5. The second-order valence-corrected chi connectivity index (χ2v) is 5.51. The average Bonchev–Trinajstić information content (AvgIpc) is 3.13. The minimum Gasteiger partial charge on any atom is -0.307 e. The van der Waals surface area contributed by atoms with Crippen molar-refractivity contribution < 1.29 is 0 Å². The number of nitrogens with zero attached hydrogens (tertiary/aromatic N) is 3. The summed E-state index contributed by atoms with van der Waals surface area (Å²) in [6, 6.07) is 6.27. The molecule has 2 aromatic rings. The summed E-state index contributed by atoms with van der Waals surface area (Å²) in [5, 5.41) is 8.95. The Morgan fingerprint density at radius 3 is 2.95 bits per heavy atom. The van der Waals surface area contributed by atoms with Gasteiger partial charge in [0.05, 0.1) is 23.1 Å². The molecule has 1 aromatic carbocycles. The first-order valence-corrected chi connectivity index (χ1v) is 7.02. The van der Waals surface area contributed by atoms with Crippen molar-refractivity contribution in [1.82, 2.24) is 20.1 Å². The van der Waals surface area contributed by atoms with Crippen LogP contribution in [0.15, 0.2) is 24.5 Å². The molecule has 1 heterocycles. The quantitative estimate of drug-likeness (QED) is 0.922. The highest BCUT2D eigenvalue weighted by molar-refractivity contribution is 6.42. The van der Waals surface area contributed by atoms with Crippen molar-refractivity contribution in [2.75, 3.05) is 0 Å². The average molecular weight is 297 g/mol. The molecule has 1 aliphatic carbocycles. The van der Waals surface area contributed by atoms with Crippen molar-refractivity contribution in [3.63, 3.8) is 0 Å². The molecule has 100 valence electrons. The number of nitrogens with one attached hydrogen (secondary N) is 1. The van der Waals surface area contributed by atoms with E-state index in [1.807, 2.05) is 12.1 Å². The van der Waals surface area contributed by atoms with Crippen LogP contribution < -0.4 is 5.32 Å². The van der Waals surface area contributed by atoms with Gasteiger partial charge in [-0.15, -0.1) is 0 Å². The fourth-order valence-electron chi connectivity index (χ4n) is 1.86. The van der Waals surface area contributed by atoms with E-state index in [-0.39, 0.29) is 0 Å². The van der Waals surface area contributed by atoms with E-state index in [1.54, 1.807) is 17.1 Å². The molecule has 0 aliphatic heterocycles. The van der Waals surface area contributed by atoms with Crippen molar-refractivity contribution in [3.8, 4) is 0 Å². The molecule has 0 bridgehead atoms. The van der Waals surface area contributed by atoms with Gasteiger partial charge in [-0.3, -0.25) is 0 Å². The molecular formula is C13H14Cl2N4. The fourth-order valence-corrected chi connectivity index (χ4v) is 2.24. The predicted molar refractivity (Wildman–Crippen MR) is 75.4 cm³/mol. The van der Waals surface area contributed by atoms with E-state index < -0.39 is 0 Å². The molecule has 1 saturated carbocycles. The largest absolute Gasteiger partial charge is 0.307 e. The maximum Gasteiger partial charge on any atom is 0.164 e. The van der Waals surface area contributed by atoms with Gasteiger partial charge < -0.3 is 5.32 Å². The van der Waals surface area contributed by atoms with Crippen molar-refractivity contribution in [2.45, 2.75) is 32.0 Å². The normalized spacial score (nSPS) is 14.8. The SMILES string of the molecule is Clc1cccc(Cn2cnc(CNC3CC3)n2)c1Cl. The van der Waals surface area contributed by atoms with E-state index in [0.717, 1.165) is 17.9 Å². The Balaban J connectivity index is 1.67. The van der Waals surface area contributed by atoms with E-state index >= 15 is 0 Å². The van der Waals surface area contributed by atoms with Gasteiger partial charge in [0.2, 0.25) is 0 Å². The van der Waals surface area contributed by atoms with Crippen molar-refractivity contribution in [1.29, 1.82) is 0 Å². The highest BCUT2D eigenvalue weighted by Crippen LogP contribution is 2.25. The smallest absolute Gasteiger partial charge is 0.164 e. The summed E-state index contributed by atoms with van der Waals surface area (Å²) >= 11 is 12.1. The van der Waals surface area contributed by atoms with Crippen LogP contribution in [0.3, 0.4) is 0 Å². The van der Waals surface area contributed by atoms with Gasteiger partial charge in [0.15, 0.2) is 5.82 Å². The van der Waals surface area contributed by atoms with Crippen LogP contribution in [-0.4, -0.2) is 20.8 Å². The van der Waals surface area contributed by atoms with Crippen LogP contribution in [0.5, 0.6) is 0 Å². The van der Waals surface area contributed by atoms with Crippen LogP contribution in [-0.2, 0) is 13.1 Å². The van der Waals surface area contributed by atoms with Crippen molar-refractivity contribution >= 4 is 23.2 Å². The van der Waals surface area contributed by atoms with Crippen LogP contribution in [0.2, 0.25) is 10.0 Å². The number of hydrogen-bond acceptors (Lipinski definition) is 3. The zero-order valence-electron chi connectivity index (χ0n) is 10.3. The maximum atomic E-state index is 6.16. The lowest BCUT2D eigenvalue weighted by Gasteiger charge is -2.05. The molecule has 0 unspecified atom stereocenters. The number of aromatic nitrogens is 3. The first-order chi connectivity index (χ1) is 9.22. The molecule has 6 heteroatoms. The molecule has 1 fully saturated rings. The van der Waals surface area contributed by atoms with Crippen LogP contribution >= 0.6 is 23.2 Å². The van der Waals surface area contributed by atoms with Gasteiger partial charge >= 0.3 is 0 Å². The lowest BCUT2D eigenvalue weighted by molar-refractivity contribution is 0.628. The van der Waals surface area contributed by atoms with Crippen LogP contribution in [0.25, 0.3) is 0 Å². The lowest BCUT2D eigenvalue weighted by Crippen LogP contribution is -2.16. The first-order valence-electron chi connectivity index (χ1n) is 6.27. The molecule has 0 radical (unpaired) electrons. The minimum absolute atomic E-state index is 0.565. The second kappa shape index (κ2) is 5.49. The summed E-state index contributed by atoms with van der Waals surface area (Å²) in [5.41, 5.74) is 0.945. The zero-order valence-corrected chi connectivity index (χ0v) is 11.8. The molecule has 1 N–H and O–H groups in total. The molecular weight excluding hydrogens is 283 g/mol. The van der Waals surface area contributed by atoms with Gasteiger partial charge in [-0.25, -0.2) is 9.67 Å². The van der Waals surface area contributed by atoms with E-state index in [0.29, 0.717) is 22.6 Å². The molecule has 19 heavy (non-hydrogen) atoms. The number of hydrogen-bond donors (Lipinski definition) is 1. The van der Waals surface area contributed by atoms with Crippen molar-refractivity contribution in [2.24, 2.45) is 0 Å². The van der Waals surface area contributed by atoms with Crippen LogP contribution in [0.4, 0.5) is 0 Å². The minimum atomic E-state index is 0.565. The summed E-state index contributed by atoms with van der Waals surface area (Å²) in [4.78, 5) is 4.28. The summed E-state index contributed by atoms with van der Waals surface area (Å²) < 4.78 is 1.78. The molecule has 4 nitrogen and oxygen atoms in total. The number of benzene rings is 1. The third-order valence-corrected chi connectivity index (χ3v) is 3.93. The second-order valence-electron chi connectivity index (χ2n) is 4.73. The van der Waals surface area contributed by atoms with Gasteiger partial charge in [-0.2, -0.15) is 5.10 Å². The molecule has 0 atom stereocenters. The molecule has 1 aliphatic rings. The Bertz CT molecular complexity index is 578. The van der Waals surface area contributed by atoms with Crippen LogP contribution in [0.1, 0.15) is 24.2 Å². The Hall–Kier alpha value is -1.10. The van der Waals surface area contributed by atoms with E-state index in [4.69, 9.17) is 23.2 Å². The highest BCUT2D eigenvalue weighted by atomic mass is 35.5.